The minimum atomic E-state index is 0.569. The summed E-state index contributed by atoms with van der Waals surface area (Å²) in [6.07, 6.45) is 6.78. The van der Waals surface area contributed by atoms with Crippen LogP contribution < -0.4 is 15.0 Å². The van der Waals surface area contributed by atoms with Crippen LogP contribution in [0.1, 0.15) is 39.5 Å². The molecule has 0 unspecified atom stereocenters. The second kappa shape index (κ2) is 7.48. The number of rotatable bonds is 6. The van der Waals surface area contributed by atoms with Crippen LogP contribution in [0.5, 0.6) is 5.75 Å². The van der Waals surface area contributed by atoms with Gasteiger partial charge in [-0.25, -0.2) is 4.98 Å². The molecular weight excluding hydrogens is 250 g/mol. The van der Waals surface area contributed by atoms with Gasteiger partial charge in [-0.2, -0.15) is 0 Å². The lowest BCUT2D eigenvalue weighted by Gasteiger charge is -2.36. The molecule has 1 fully saturated rings. The average Bonchev–Trinajstić information content (AvgIpc) is 2.49. The fourth-order valence-corrected chi connectivity index (χ4v) is 3.04. The van der Waals surface area contributed by atoms with E-state index in [2.05, 4.69) is 29.2 Å². The van der Waals surface area contributed by atoms with E-state index >= 15 is 0 Å². The van der Waals surface area contributed by atoms with Gasteiger partial charge in [-0.1, -0.05) is 6.92 Å². The maximum absolute atomic E-state index is 5.69. The molecule has 0 atom stereocenters. The third kappa shape index (κ3) is 3.63. The van der Waals surface area contributed by atoms with Crippen LogP contribution in [0, 0.1) is 0 Å². The zero-order valence-corrected chi connectivity index (χ0v) is 12.9. The monoisotopic (exact) mass is 277 g/mol. The van der Waals surface area contributed by atoms with E-state index in [1.807, 2.05) is 25.3 Å². The van der Waals surface area contributed by atoms with Crippen molar-refractivity contribution in [3.8, 4) is 5.75 Å². The van der Waals surface area contributed by atoms with Gasteiger partial charge >= 0.3 is 0 Å². The smallest absolute Gasteiger partial charge is 0.171 e. The normalized spacial score (nSPS) is 22.6. The molecule has 1 aliphatic rings. The number of hydrogen-bond donors (Lipinski definition) is 1. The van der Waals surface area contributed by atoms with Crippen LogP contribution >= 0.6 is 0 Å². The first kappa shape index (κ1) is 15.1. The van der Waals surface area contributed by atoms with Gasteiger partial charge in [-0.15, -0.1) is 0 Å². The molecule has 1 aromatic heterocycles. The van der Waals surface area contributed by atoms with E-state index < -0.39 is 0 Å². The number of hydrogen-bond acceptors (Lipinski definition) is 4. The Morgan fingerprint density at radius 2 is 2.05 bits per heavy atom. The van der Waals surface area contributed by atoms with Crippen LogP contribution in [-0.4, -0.2) is 37.3 Å². The minimum Gasteiger partial charge on any atom is -0.490 e. The van der Waals surface area contributed by atoms with Crippen molar-refractivity contribution in [2.45, 2.75) is 51.6 Å². The SMILES string of the molecule is CCNC1CCC(N(C)c2ncccc2OCC)CC1. The van der Waals surface area contributed by atoms with Crippen LogP contribution in [-0.2, 0) is 0 Å². The van der Waals surface area contributed by atoms with Gasteiger partial charge in [0.1, 0.15) is 0 Å². The summed E-state index contributed by atoms with van der Waals surface area (Å²) in [6.45, 7) is 5.94. The first-order valence-corrected chi connectivity index (χ1v) is 7.80. The van der Waals surface area contributed by atoms with Crippen molar-refractivity contribution in [3.63, 3.8) is 0 Å². The van der Waals surface area contributed by atoms with Crippen LogP contribution in [0.25, 0.3) is 0 Å². The molecule has 0 aliphatic heterocycles. The fraction of sp³-hybridized carbons (Fsp3) is 0.688. The molecule has 0 amide bonds. The molecule has 1 aliphatic carbocycles. The highest BCUT2D eigenvalue weighted by Gasteiger charge is 2.25. The number of ether oxygens (including phenoxy) is 1. The van der Waals surface area contributed by atoms with Gasteiger partial charge in [0.05, 0.1) is 6.61 Å². The second-order valence-corrected chi connectivity index (χ2v) is 5.43. The Morgan fingerprint density at radius 1 is 1.30 bits per heavy atom. The van der Waals surface area contributed by atoms with Crippen LogP contribution in [0.2, 0.25) is 0 Å². The molecule has 2 rings (SSSR count). The lowest BCUT2D eigenvalue weighted by molar-refractivity contribution is 0.326. The molecule has 0 radical (unpaired) electrons. The van der Waals surface area contributed by atoms with Crippen molar-refractivity contribution in [1.29, 1.82) is 0 Å². The molecular formula is C16H27N3O. The zero-order chi connectivity index (χ0) is 14.4. The van der Waals surface area contributed by atoms with Gasteiger partial charge < -0.3 is 15.0 Å². The highest BCUT2D eigenvalue weighted by atomic mass is 16.5. The first-order valence-electron chi connectivity index (χ1n) is 7.80. The van der Waals surface area contributed by atoms with Crippen molar-refractivity contribution in [1.82, 2.24) is 10.3 Å². The molecule has 4 nitrogen and oxygen atoms in total. The maximum atomic E-state index is 5.69. The molecule has 112 valence electrons. The average molecular weight is 277 g/mol. The topological polar surface area (TPSA) is 37.4 Å². The highest BCUT2D eigenvalue weighted by Crippen LogP contribution is 2.30. The molecule has 1 heterocycles. The first-order chi connectivity index (χ1) is 9.76. The van der Waals surface area contributed by atoms with E-state index in [1.54, 1.807) is 0 Å². The maximum Gasteiger partial charge on any atom is 0.171 e. The van der Waals surface area contributed by atoms with Gasteiger partial charge in [0.15, 0.2) is 11.6 Å². The van der Waals surface area contributed by atoms with E-state index in [4.69, 9.17) is 4.74 Å². The molecule has 1 aromatic rings. The molecule has 1 N–H and O–H groups in total. The minimum absolute atomic E-state index is 0.569. The van der Waals surface area contributed by atoms with E-state index in [-0.39, 0.29) is 0 Å². The molecule has 1 saturated carbocycles. The number of nitrogens with one attached hydrogen (secondary N) is 1. The van der Waals surface area contributed by atoms with Crippen LogP contribution in [0.4, 0.5) is 5.82 Å². The Hall–Kier alpha value is -1.29. The Morgan fingerprint density at radius 3 is 2.70 bits per heavy atom. The summed E-state index contributed by atoms with van der Waals surface area (Å²) in [4.78, 5) is 6.81. The van der Waals surface area contributed by atoms with Crippen molar-refractivity contribution >= 4 is 5.82 Å². The summed E-state index contributed by atoms with van der Waals surface area (Å²) in [5.74, 6) is 1.87. The van der Waals surface area contributed by atoms with Crippen LogP contribution in [0.15, 0.2) is 18.3 Å². The number of pyridine rings is 1. The third-order valence-electron chi connectivity index (χ3n) is 4.12. The van der Waals surface area contributed by atoms with Gasteiger partial charge in [0.2, 0.25) is 0 Å². The van der Waals surface area contributed by atoms with E-state index in [9.17, 15) is 0 Å². The summed E-state index contributed by atoms with van der Waals surface area (Å²) in [6, 6.07) is 5.20. The third-order valence-corrected chi connectivity index (χ3v) is 4.12. The summed E-state index contributed by atoms with van der Waals surface area (Å²) in [7, 11) is 2.14. The van der Waals surface area contributed by atoms with Gasteiger partial charge in [0.25, 0.3) is 0 Å². The highest BCUT2D eigenvalue weighted by molar-refractivity contribution is 5.52. The predicted molar refractivity (Wildman–Crippen MR) is 83.5 cm³/mol. The van der Waals surface area contributed by atoms with Crippen LogP contribution in [0.3, 0.4) is 0 Å². The van der Waals surface area contributed by atoms with E-state index in [0.29, 0.717) is 18.7 Å². The fourth-order valence-electron chi connectivity index (χ4n) is 3.04. The molecule has 20 heavy (non-hydrogen) atoms. The quantitative estimate of drug-likeness (QED) is 0.867. The summed E-state index contributed by atoms with van der Waals surface area (Å²) >= 11 is 0. The number of aromatic nitrogens is 1. The molecule has 0 aromatic carbocycles. The summed E-state index contributed by atoms with van der Waals surface area (Å²) in [5.41, 5.74) is 0. The van der Waals surface area contributed by atoms with Gasteiger partial charge in [0, 0.05) is 25.3 Å². The summed E-state index contributed by atoms with van der Waals surface area (Å²) < 4.78 is 5.69. The summed E-state index contributed by atoms with van der Waals surface area (Å²) in [5, 5.41) is 3.56. The number of nitrogens with zero attached hydrogens (tertiary/aromatic N) is 2. The predicted octanol–water partition coefficient (Wildman–Crippen LogP) is 2.84. The van der Waals surface area contributed by atoms with Gasteiger partial charge in [-0.3, -0.25) is 0 Å². The lowest BCUT2D eigenvalue weighted by Crippen LogP contribution is -2.41. The molecule has 0 spiro atoms. The Kier molecular flexibility index (Phi) is 5.65. The lowest BCUT2D eigenvalue weighted by atomic mass is 9.90. The largest absolute Gasteiger partial charge is 0.490 e. The van der Waals surface area contributed by atoms with Crippen molar-refractivity contribution in [2.24, 2.45) is 0 Å². The van der Waals surface area contributed by atoms with Crippen molar-refractivity contribution < 1.29 is 4.74 Å². The Balaban J connectivity index is 1.99. The molecule has 4 heteroatoms. The van der Waals surface area contributed by atoms with E-state index in [1.165, 1.54) is 25.7 Å². The Bertz CT molecular complexity index is 402. The zero-order valence-electron chi connectivity index (χ0n) is 12.9. The second-order valence-electron chi connectivity index (χ2n) is 5.43. The standard InChI is InChI=1S/C16H27N3O/c1-4-17-13-8-10-14(11-9-13)19(3)16-15(20-5-2)7-6-12-18-16/h6-7,12-14,17H,4-5,8-11H2,1-3H3. The molecule has 0 bridgehead atoms. The van der Waals surface area contributed by atoms with E-state index in [0.717, 1.165) is 18.1 Å². The van der Waals surface area contributed by atoms with Crippen molar-refractivity contribution in [2.75, 3.05) is 25.1 Å². The Labute approximate surface area is 122 Å². The number of anilines is 1. The van der Waals surface area contributed by atoms with Crippen molar-refractivity contribution in [3.05, 3.63) is 18.3 Å². The van der Waals surface area contributed by atoms with Gasteiger partial charge in [-0.05, 0) is 51.3 Å². The molecule has 0 saturated heterocycles.